The zero-order valence-electron chi connectivity index (χ0n) is 23.2. The van der Waals surface area contributed by atoms with Crippen LogP contribution in [0.25, 0.3) is 21.9 Å². The maximum Gasteiger partial charge on any atom is 0.335 e. The summed E-state index contributed by atoms with van der Waals surface area (Å²) < 4.78 is 13.9. The second-order valence-corrected chi connectivity index (χ2v) is 10.8. The number of para-hydroxylation sites is 1. The maximum absolute atomic E-state index is 11.6. The summed E-state index contributed by atoms with van der Waals surface area (Å²) >= 11 is 0. The number of anilines is 1. The first-order valence-corrected chi connectivity index (χ1v) is 14.3. The Morgan fingerprint density at radius 1 is 0.929 bits per heavy atom. The Labute approximate surface area is 243 Å². The minimum absolute atomic E-state index is 0.143. The van der Waals surface area contributed by atoms with Gasteiger partial charge in [-0.05, 0) is 42.8 Å². The summed E-state index contributed by atoms with van der Waals surface area (Å²) in [5, 5.41) is 10.6. The molecule has 5 heterocycles. The van der Waals surface area contributed by atoms with Crippen molar-refractivity contribution in [1.29, 1.82) is 0 Å². The van der Waals surface area contributed by atoms with Crippen molar-refractivity contribution in [2.45, 2.75) is 32.2 Å². The Morgan fingerprint density at radius 3 is 2.60 bits per heavy atom. The van der Waals surface area contributed by atoms with Gasteiger partial charge in [-0.25, -0.2) is 14.8 Å². The number of carboxylic acids is 1. The maximum atomic E-state index is 11.6. The first kappa shape index (κ1) is 26.4. The summed E-state index contributed by atoms with van der Waals surface area (Å²) in [6.45, 7) is 5.88. The number of aromatic nitrogens is 4. The summed E-state index contributed by atoms with van der Waals surface area (Å²) in [4.78, 5) is 30.6. The number of hydrogen-bond donors (Lipinski definition) is 1. The molecule has 2 aliphatic rings. The number of fused-ring (bicyclic) bond motifs is 2. The molecule has 0 saturated carbocycles. The third-order valence-corrected chi connectivity index (χ3v) is 8.05. The van der Waals surface area contributed by atoms with Crippen molar-refractivity contribution < 1.29 is 19.4 Å². The van der Waals surface area contributed by atoms with E-state index in [-0.39, 0.29) is 11.7 Å². The lowest BCUT2D eigenvalue weighted by Crippen LogP contribution is -2.46. The Balaban J connectivity index is 1.000. The van der Waals surface area contributed by atoms with Crippen LogP contribution in [0, 0.1) is 0 Å². The minimum atomic E-state index is -0.935. The molecule has 10 heteroatoms. The molecule has 2 aromatic carbocycles. The fraction of sp³-hybridized carbons (Fsp3) is 0.312. The van der Waals surface area contributed by atoms with E-state index in [4.69, 9.17) is 24.4 Å². The van der Waals surface area contributed by atoms with E-state index in [1.54, 1.807) is 18.2 Å². The normalized spacial score (nSPS) is 17.4. The molecule has 0 aliphatic carbocycles. The Hall–Kier alpha value is -4.54. The van der Waals surface area contributed by atoms with Gasteiger partial charge in [0.15, 0.2) is 0 Å². The summed E-state index contributed by atoms with van der Waals surface area (Å²) in [6, 6.07) is 23.1. The van der Waals surface area contributed by atoms with E-state index in [1.807, 2.05) is 42.5 Å². The summed E-state index contributed by atoms with van der Waals surface area (Å²) in [7, 11) is 0. The first-order valence-electron chi connectivity index (χ1n) is 14.3. The van der Waals surface area contributed by atoms with Gasteiger partial charge in [0.2, 0.25) is 5.88 Å². The molecule has 2 aliphatic heterocycles. The number of hydrogen-bond acceptors (Lipinski definition) is 8. The van der Waals surface area contributed by atoms with Gasteiger partial charge in [-0.1, -0.05) is 30.3 Å². The van der Waals surface area contributed by atoms with Crippen LogP contribution in [0.4, 0.5) is 5.82 Å². The number of carboxylic acid groups (broad SMARTS) is 1. The molecule has 1 N–H and O–H groups in total. The third kappa shape index (κ3) is 5.50. The summed E-state index contributed by atoms with van der Waals surface area (Å²) in [6.07, 6.45) is 1.15. The topological polar surface area (TPSA) is 106 Å². The van der Waals surface area contributed by atoms with Crippen molar-refractivity contribution in [1.82, 2.24) is 24.4 Å². The van der Waals surface area contributed by atoms with Gasteiger partial charge < -0.3 is 24.0 Å². The number of carbonyl (C=O) groups is 1. The van der Waals surface area contributed by atoms with Gasteiger partial charge in [0, 0.05) is 44.2 Å². The molecule has 10 nitrogen and oxygen atoms in total. The highest BCUT2D eigenvalue weighted by molar-refractivity contribution is 5.92. The van der Waals surface area contributed by atoms with Gasteiger partial charge >= 0.3 is 5.97 Å². The highest BCUT2D eigenvalue weighted by Crippen LogP contribution is 2.25. The largest absolute Gasteiger partial charge is 0.478 e. The Morgan fingerprint density at radius 2 is 1.79 bits per heavy atom. The molecule has 0 radical (unpaired) electrons. The lowest BCUT2D eigenvalue weighted by atomic mass is 10.1. The summed E-state index contributed by atoms with van der Waals surface area (Å²) in [5.41, 5.74) is 3.75. The monoisotopic (exact) mass is 564 g/mol. The van der Waals surface area contributed by atoms with Crippen molar-refractivity contribution >= 4 is 33.7 Å². The van der Waals surface area contributed by atoms with E-state index in [1.165, 1.54) is 0 Å². The molecule has 7 rings (SSSR count). The predicted octanol–water partition coefficient (Wildman–Crippen LogP) is 4.37. The fourth-order valence-electron chi connectivity index (χ4n) is 5.59. The van der Waals surface area contributed by atoms with Gasteiger partial charge in [0.1, 0.15) is 18.2 Å². The van der Waals surface area contributed by atoms with Crippen LogP contribution in [0.3, 0.4) is 0 Å². The number of ether oxygens (including phenoxy) is 2. The van der Waals surface area contributed by atoms with E-state index in [0.717, 1.165) is 78.5 Å². The van der Waals surface area contributed by atoms with Crippen molar-refractivity contribution in [3.8, 4) is 5.88 Å². The highest BCUT2D eigenvalue weighted by Gasteiger charge is 2.25. The molecule has 1 unspecified atom stereocenters. The molecule has 214 valence electrons. The van der Waals surface area contributed by atoms with Crippen LogP contribution < -0.4 is 9.64 Å². The van der Waals surface area contributed by atoms with Gasteiger partial charge in [-0.3, -0.25) is 4.90 Å². The smallest absolute Gasteiger partial charge is 0.335 e. The minimum Gasteiger partial charge on any atom is -0.478 e. The summed E-state index contributed by atoms with van der Waals surface area (Å²) in [5.74, 6) is 1.48. The second kappa shape index (κ2) is 11.4. The predicted molar refractivity (Wildman–Crippen MR) is 159 cm³/mol. The molecule has 0 bridgehead atoms. The average Bonchev–Trinajstić information content (AvgIpc) is 3.34. The van der Waals surface area contributed by atoms with E-state index in [0.29, 0.717) is 25.6 Å². The SMILES string of the molecule is O=C(O)c1ccc2nc(CN3CCN(c4cccc(OCc5ccc6ccccc6n5)n4)CC3)n(CC3CCO3)c2c1. The molecule has 0 spiro atoms. The van der Waals surface area contributed by atoms with Gasteiger partial charge in [0.05, 0.1) is 47.0 Å². The first-order chi connectivity index (χ1) is 20.6. The number of rotatable bonds is 9. The van der Waals surface area contributed by atoms with Crippen LogP contribution >= 0.6 is 0 Å². The number of pyridine rings is 2. The van der Waals surface area contributed by atoms with Crippen LogP contribution in [0.15, 0.2) is 72.8 Å². The number of imidazole rings is 1. The van der Waals surface area contributed by atoms with E-state index < -0.39 is 5.97 Å². The van der Waals surface area contributed by atoms with Crippen LogP contribution in [0.5, 0.6) is 5.88 Å². The quantitative estimate of drug-likeness (QED) is 0.279. The van der Waals surface area contributed by atoms with Crippen LogP contribution in [-0.4, -0.2) is 74.4 Å². The van der Waals surface area contributed by atoms with Crippen molar-refractivity contribution in [3.63, 3.8) is 0 Å². The van der Waals surface area contributed by atoms with Crippen molar-refractivity contribution in [2.24, 2.45) is 0 Å². The lowest BCUT2D eigenvalue weighted by molar-refractivity contribution is -0.0592. The molecular weight excluding hydrogens is 532 g/mol. The Bertz CT molecular complexity index is 1740. The molecule has 1 atom stereocenters. The van der Waals surface area contributed by atoms with E-state index in [2.05, 4.69) is 26.5 Å². The van der Waals surface area contributed by atoms with Crippen molar-refractivity contribution in [2.75, 3.05) is 37.7 Å². The highest BCUT2D eigenvalue weighted by atomic mass is 16.5. The molecule has 2 saturated heterocycles. The number of nitrogens with zero attached hydrogens (tertiary/aromatic N) is 6. The van der Waals surface area contributed by atoms with Gasteiger partial charge in [-0.15, -0.1) is 0 Å². The van der Waals surface area contributed by atoms with E-state index >= 15 is 0 Å². The van der Waals surface area contributed by atoms with Crippen LogP contribution in [-0.2, 0) is 24.4 Å². The molecule has 3 aromatic heterocycles. The molecule has 0 amide bonds. The standard InChI is InChI=1S/C32H32N6O4/c39-32(40)23-9-11-27-28(18-23)38(19-25-12-17-41-25)30(34-27)20-36-13-15-37(16-14-36)29-6-3-7-31(35-29)42-21-24-10-8-22-4-1-2-5-26(22)33-24/h1-11,18,25H,12-17,19-21H2,(H,39,40). The van der Waals surface area contributed by atoms with Gasteiger partial charge in [0.25, 0.3) is 0 Å². The Kier molecular flexibility index (Phi) is 7.15. The van der Waals surface area contributed by atoms with Crippen LogP contribution in [0.1, 0.15) is 28.3 Å². The zero-order valence-corrected chi connectivity index (χ0v) is 23.2. The fourth-order valence-corrected chi connectivity index (χ4v) is 5.59. The lowest BCUT2D eigenvalue weighted by Gasteiger charge is -2.35. The number of benzene rings is 2. The molecular formula is C32H32N6O4. The average molecular weight is 565 g/mol. The molecule has 5 aromatic rings. The molecule has 42 heavy (non-hydrogen) atoms. The van der Waals surface area contributed by atoms with E-state index in [9.17, 15) is 9.90 Å². The zero-order chi connectivity index (χ0) is 28.5. The van der Waals surface area contributed by atoms with Crippen LogP contribution in [0.2, 0.25) is 0 Å². The second-order valence-electron chi connectivity index (χ2n) is 10.8. The number of piperazine rings is 1. The number of aromatic carboxylic acids is 1. The molecule has 2 fully saturated rings. The van der Waals surface area contributed by atoms with Crippen molar-refractivity contribution in [3.05, 3.63) is 89.9 Å². The van der Waals surface area contributed by atoms with Gasteiger partial charge in [-0.2, -0.15) is 4.98 Å². The third-order valence-electron chi connectivity index (χ3n) is 8.05.